The molecule has 3 aromatic carbocycles. The number of benzene rings is 3. The predicted molar refractivity (Wildman–Crippen MR) is 114 cm³/mol. The zero-order valence-electron chi connectivity index (χ0n) is 16.1. The number of para-hydroxylation sites is 2. The quantitative estimate of drug-likeness (QED) is 0.564. The minimum absolute atomic E-state index is 0.000207. The largest absolute Gasteiger partial charge is 0.495 e. The number of hydrogen-bond acceptors (Lipinski definition) is 4. The Bertz CT molecular complexity index is 1220. The molecule has 0 aliphatic heterocycles. The molecule has 30 heavy (non-hydrogen) atoms. The minimum Gasteiger partial charge on any atom is -0.495 e. The summed E-state index contributed by atoms with van der Waals surface area (Å²) in [6.45, 7) is 1.72. The summed E-state index contributed by atoms with van der Waals surface area (Å²) in [5.74, 6) is -0.952. The first-order valence-electron chi connectivity index (χ1n) is 8.74. The lowest BCUT2D eigenvalue weighted by atomic mass is 10.2. The van der Waals surface area contributed by atoms with Crippen LogP contribution in [-0.4, -0.2) is 21.4 Å². The highest BCUT2D eigenvalue weighted by atomic mass is 35.5. The third-order valence-electron chi connectivity index (χ3n) is 4.21. The lowest BCUT2D eigenvalue weighted by Gasteiger charge is -2.13. The van der Waals surface area contributed by atoms with Crippen molar-refractivity contribution >= 4 is 38.9 Å². The minimum atomic E-state index is -4.14. The van der Waals surface area contributed by atoms with Crippen molar-refractivity contribution in [3.05, 3.63) is 82.6 Å². The van der Waals surface area contributed by atoms with Gasteiger partial charge in [0.2, 0.25) is 0 Å². The summed E-state index contributed by atoms with van der Waals surface area (Å²) in [6, 6.07) is 14.6. The molecule has 0 unspecified atom stereocenters. The van der Waals surface area contributed by atoms with Gasteiger partial charge < -0.3 is 10.1 Å². The molecule has 3 aromatic rings. The number of ether oxygens (including phenoxy) is 1. The van der Waals surface area contributed by atoms with E-state index >= 15 is 0 Å². The number of amides is 1. The van der Waals surface area contributed by atoms with Crippen LogP contribution in [0.2, 0.25) is 5.02 Å². The van der Waals surface area contributed by atoms with Crippen LogP contribution in [0.1, 0.15) is 15.9 Å². The first-order chi connectivity index (χ1) is 14.2. The van der Waals surface area contributed by atoms with Gasteiger partial charge >= 0.3 is 0 Å². The van der Waals surface area contributed by atoms with Crippen molar-refractivity contribution in [3.8, 4) is 5.75 Å². The molecule has 3 rings (SSSR count). The highest BCUT2D eigenvalue weighted by Gasteiger charge is 2.22. The second-order valence-corrected chi connectivity index (χ2v) is 8.45. The van der Waals surface area contributed by atoms with Gasteiger partial charge in [0.1, 0.15) is 16.5 Å². The topological polar surface area (TPSA) is 84.5 Å². The predicted octanol–water partition coefficient (Wildman–Crippen LogP) is 4.85. The monoisotopic (exact) mass is 448 g/mol. The first-order valence-corrected chi connectivity index (χ1v) is 10.6. The molecule has 0 radical (unpaired) electrons. The van der Waals surface area contributed by atoms with Crippen LogP contribution < -0.4 is 14.8 Å². The van der Waals surface area contributed by atoms with Crippen molar-refractivity contribution < 1.29 is 22.3 Å². The molecular formula is C21H18ClFN2O4S. The standard InChI is InChI=1S/C21H18ClFN2O4S/c1-13-7-10-17(16(23)11-13)24-21(26)14-8-9-15(22)20(12-14)30(27,28)25-18-5-3-4-6-19(18)29-2/h3-12,25H,1-2H3,(H,24,26). The zero-order valence-corrected chi connectivity index (χ0v) is 17.6. The lowest BCUT2D eigenvalue weighted by Crippen LogP contribution is -2.17. The molecule has 0 aromatic heterocycles. The summed E-state index contributed by atoms with van der Waals surface area (Å²) in [7, 11) is -2.72. The van der Waals surface area contributed by atoms with Crippen LogP contribution in [0.4, 0.5) is 15.8 Å². The zero-order chi connectivity index (χ0) is 21.9. The number of aryl methyl sites for hydroxylation is 1. The molecule has 1 amide bonds. The summed E-state index contributed by atoms with van der Waals surface area (Å²) in [4.78, 5) is 12.2. The van der Waals surface area contributed by atoms with Gasteiger partial charge in [-0.15, -0.1) is 0 Å². The van der Waals surface area contributed by atoms with Crippen LogP contribution in [0.3, 0.4) is 0 Å². The Morgan fingerprint density at radius 1 is 1.03 bits per heavy atom. The van der Waals surface area contributed by atoms with E-state index in [4.69, 9.17) is 16.3 Å². The van der Waals surface area contributed by atoms with Gasteiger partial charge in [0.25, 0.3) is 15.9 Å². The lowest BCUT2D eigenvalue weighted by molar-refractivity contribution is 0.102. The van der Waals surface area contributed by atoms with E-state index in [0.717, 1.165) is 6.07 Å². The SMILES string of the molecule is COc1ccccc1NS(=O)(=O)c1cc(C(=O)Nc2ccc(C)cc2F)ccc1Cl. The highest BCUT2D eigenvalue weighted by Crippen LogP contribution is 2.29. The molecule has 0 spiro atoms. The number of carbonyl (C=O) groups excluding carboxylic acids is 1. The molecule has 0 saturated carbocycles. The van der Waals surface area contributed by atoms with Gasteiger partial charge in [0.05, 0.1) is 23.5 Å². The number of hydrogen-bond donors (Lipinski definition) is 2. The van der Waals surface area contributed by atoms with Crippen molar-refractivity contribution in [1.29, 1.82) is 0 Å². The van der Waals surface area contributed by atoms with Crippen molar-refractivity contribution in [1.82, 2.24) is 0 Å². The smallest absolute Gasteiger partial charge is 0.263 e. The summed E-state index contributed by atoms with van der Waals surface area (Å²) in [6.07, 6.45) is 0. The fraction of sp³-hybridized carbons (Fsp3) is 0.0952. The number of sulfonamides is 1. The molecule has 9 heteroatoms. The van der Waals surface area contributed by atoms with Gasteiger partial charge in [-0.3, -0.25) is 9.52 Å². The third kappa shape index (κ3) is 4.72. The molecule has 0 fully saturated rings. The fourth-order valence-electron chi connectivity index (χ4n) is 2.70. The Kier molecular flexibility index (Phi) is 6.28. The van der Waals surface area contributed by atoms with Crippen LogP contribution in [0.25, 0.3) is 0 Å². The normalized spacial score (nSPS) is 11.1. The van der Waals surface area contributed by atoms with Crippen molar-refractivity contribution in [3.63, 3.8) is 0 Å². The number of anilines is 2. The van der Waals surface area contributed by atoms with Crippen LogP contribution in [0.15, 0.2) is 65.6 Å². The number of nitrogens with one attached hydrogen (secondary N) is 2. The summed E-state index contributed by atoms with van der Waals surface area (Å²) in [5, 5.41) is 2.35. The summed E-state index contributed by atoms with van der Waals surface area (Å²) in [5.41, 5.74) is 0.900. The number of halogens is 2. The molecule has 0 atom stereocenters. The van der Waals surface area contributed by atoms with Gasteiger partial charge in [-0.1, -0.05) is 29.8 Å². The number of methoxy groups -OCH3 is 1. The average molecular weight is 449 g/mol. The van der Waals surface area contributed by atoms with E-state index in [-0.39, 0.29) is 26.9 Å². The molecule has 2 N–H and O–H groups in total. The van der Waals surface area contributed by atoms with Crippen molar-refractivity contribution in [2.45, 2.75) is 11.8 Å². The molecule has 0 bridgehead atoms. The van der Waals surface area contributed by atoms with Gasteiger partial charge in [-0.25, -0.2) is 12.8 Å². The van der Waals surface area contributed by atoms with E-state index in [2.05, 4.69) is 10.0 Å². The van der Waals surface area contributed by atoms with Crippen LogP contribution >= 0.6 is 11.6 Å². The number of carbonyl (C=O) groups is 1. The van der Waals surface area contributed by atoms with E-state index in [0.29, 0.717) is 11.3 Å². The molecular weight excluding hydrogens is 431 g/mol. The fourth-order valence-corrected chi connectivity index (χ4v) is 4.29. The maximum Gasteiger partial charge on any atom is 0.263 e. The Hall–Kier alpha value is -3.10. The highest BCUT2D eigenvalue weighted by molar-refractivity contribution is 7.92. The van der Waals surface area contributed by atoms with E-state index in [1.807, 2.05) is 0 Å². The van der Waals surface area contributed by atoms with Crippen LogP contribution in [0.5, 0.6) is 5.75 Å². The van der Waals surface area contributed by atoms with Gasteiger partial charge in [-0.05, 0) is 55.0 Å². The summed E-state index contributed by atoms with van der Waals surface area (Å²) < 4.78 is 47.3. The second-order valence-electron chi connectivity index (χ2n) is 6.39. The van der Waals surface area contributed by atoms with Gasteiger partial charge in [-0.2, -0.15) is 0 Å². The van der Waals surface area contributed by atoms with Gasteiger partial charge in [0.15, 0.2) is 0 Å². The molecule has 0 saturated heterocycles. The van der Waals surface area contributed by atoms with E-state index in [9.17, 15) is 17.6 Å². The van der Waals surface area contributed by atoms with Gasteiger partial charge in [0, 0.05) is 5.56 Å². The molecule has 156 valence electrons. The van der Waals surface area contributed by atoms with E-state index in [1.165, 1.54) is 37.4 Å². The van der Waals surface area contributed by atoms with Crippen molar-refractivity contribution in [2.24, 2.45) is 0 Å². The Morgan fingerprint density at radius 2 is 1.77 bits per heavy atom. The Labute approximate surface area is 178 Å². The van der Waals surface area contributed by atoms with Crippen molar-refractivity contribution in [2.75, 3.05) is 17.1 Å². The van der Waals surface area contributed by atoms with Crippen LogP contribution in [-0.2, 0) is 10.0 Å². The summed E-state index contributed by atoms with van der Waals surface area (Å²) >= 11 is 6.09. The molecule has 0 aliphatic carbocycles. The average Bonchev–Trinajstić information content (AvgIpc) is 2.70. The van der Waals surface area contributed by atoms with E-state index in [1.54, 1.807) is 31.2 Å². The molecule has 0 aliphatic rings. The number of rotatable bonds is 6. The Balaban J connectivity index is 1.91. The second kappa shape index (κ2) is 8.73. The maximum atomic E-state index is 14.0. The first kappa shape index (κ1) is 21.6. The molecule has 6 nitrogen and oxygen atoms in total. The van der Waals surface area contributed by atoms with E-state index < -0.39 is 21.7 Å². The third-order valence-corrected chi connectivity index (χ3v) is 6.05. The Morgan fingerprint density at radius 3 is 2.47 bits per heavy atom. The molecule has 0 heterocycles. The maximum absolute atomic E-state index is 14.0. The van der Waals surface area contributed by atoms with Crippen LogP contribution in [0, 0.1) is 12.7 Å².